The summed E-state index contributed by atoms with van der Waals surface area (Å²) in [5.41, 5.74) is 3.37. The van der Waals surface area contributed by atoms with Gasteiger partial charge in [-0.05, 0) is 37.1 Å². The number of rotatable bonds is 4. The highest BCUT2D eigenvalue weighted by Crippen LogP contribution is 2.28. The first-order chi connectivity index (χ1) is 15.8. The Morgan fingerprint density at radius 1 is 0.972 bits per heavy atom. The molecule has 4 aromatic rings. The van der Waals surface area contributed by atoms with Gasteiger partial charge in [-0.25, -0.2) is 4.98 Å². The Balaban J connectivity index is 0.000000466. The Morgan fingerprint density at radius 2 is 1.61 bits per heavy atom. The number of aromatic nitrogens is 5. The van der Waals surface area contributed by atoms with E-state index in [1.807, 2.05) is 30.3 Å². The van der Waals surface area contributed by atoms with E-state index >= 15 is 0 Å². The van der Waals surface area contributed by atoms with E-state index < -0.39 is 20.2 Å². The molecule has 0 saturated heterocycles. The highest BCUT2D eigenvalue weighted by Gasteiger charge is 2.23. The van der Waals surface area contributed by atoms with Gasteiger partial charge in [0, 0.05) is 23.3 Å². The number of nitrogens with one attached hydrogen (secondary N) is 3. The molecule has 3 aromatic heterocycles. The van der Waals surface area contributed by atoms with Gasteiger partial charge in [0.25, 0.3) is 20.2 Å². The molecule has 0 unspecified atom stereocenters. The maximum Gasteiger partial charge on any atom is 0.261 e. The van der Waals surface area contributed by atoms with Gasteiger partial charge in [-0.2, -0.15) is 26.8 Å². The van der Waals surface area contributed by atoms with Crippen LogP contribution in [0.25, 0.3) is 22.1 Å². The molecule has 1 aliphatic carbocycles. The Hall–Kier alpha value is -3.48. The average molecular weight is 546 g/mol. The van der Waals surface area contributed by atoms with Crippen LogP contribution in [0, 0.1) is 0 Å². The van der Waals surface area contributed by atoms with Crippen molar-refractivity contribution in [2.75, 3.05) is 23.1 Å². The van der Waals surface area contributed by atoms with Crippen LogP contribution in [0.3, 0.4) is 0 Å². The molecular formula is C19H27N7O8S2. The first kappa shape index (κ1) is 30.6. The van der Waals surface area contributed by atoms with E-state index in [1.54, 1.807) is 12.5 Å². The second-order valence-corrected chi connectivity index (χ2v) is 10.3. The molecule has 1 aliphatic rings. The third-order valence-corrected chi connectivity index (χ3v) is 4.06. The van der Waals surface area contributed by atoms with Crippen molar-refractivity contribution in [3.63, 3.8) is 0 Å². The SMILES string of the molecule is CS(=O)(=O)O.CS(=O)(=O)O.O.O.c1cnc2ccc(Nc3nc(NC4CC4)c4[nH]cnc4n3)cc2c1. The van der Waals surface area contributed by atoms with Crippen molar-refractivity contribution in [3.8, 4) is 0 Å². The number of hydrogen-bond acceptors (Lipinski definition) is 10. The topological polar surface area (TPSA) is 263 Å². The number of fused-ring (bicyclic) bond motifs is 2. The predicted octanol–water partition coefficient (Wildman–Crippen LogP) is 0.578. The van der Waals surface area contributed by atoms with Crippen molar-refractivity contribution >= 4 is 59.8 Å². The smallest absolute Gasteiger partial charge is 0.261 e. The van der Waals surface area contributed by atoms with Crippen LogP contribution < -0.4 is 10.6 Å². The number of aromatic amines is 1. The van der Waals surface area contributed by atoms with Crippen molar-refractivity contribution in [2.24, 2.45) is 0 Å². The molecule has 9 N–H and O–H groups in total. The summed E-state index contributed by atoms with van der Waals surface area (Å²) >= 11 is 0. The van der Waals surface area contributed by atoms with Crippen molar-refractivity contribution in [2.45, 2.75) is 18.9 Å². The van der Waals surface area contributed by atoms with Crippen LogP contribution >= 0.6 is 0 Å². The molecule has 3 heterocycles. The van der Waals surface area contributed by atoms with Gasteiger partial charge in [-0.1, -0.05) is 6.07 Å². The lowest BCUT2D eigenvalue weighted by molar-refractivity contribution is 0.488. The van der Waals surface area contributed by atoms with Gasteiger partial charge in [0.05, 0.1) is 24.4 Å². The van der Waals surface area contributed by atoms with Gasteiger partial charge in [-0.15, -0.1) is 0 Å². The monoisotopic (exact) mass is 545 g/mol. The molecule has 5 rings (SSSR count). The lowest BCUT2D eigenvalue weighted by atomic mass is 10.2. The number of anilines is 3. The first-order valence-corrected chi connectivity index (χ1v) is 13.5. The van der Waals surface area contributed by atoms with E-state index in [-0.39, 0.29) is 11.0 Å². The minimum atomic E-state index is -3.67. The predicted molar refractivity (Wildman–Crippen MR) is 136 cm³/mol. The molecule has 36 heavy (non-hydrogen) atoms. The summed E-state index contributed by atoms with van der Waals surface area (Å²) in [6.45, 7) is 0. The van der Waals surface area contributed by atoms with E-state index in [0.717, 1.165) is 27.9 Å². The maximum atomic E-state index is 9.19. The largest absolute Gasteiger partial charge is 0.412 e. The minimum absolute atomic E-state index is 0. The molecule has 1 aromatic carbocycles. The molecule has 0 spiro atoms. The first-order valence-electron chi connectivity index (χ1n) is 9.79. The van der Waals surface area contributed by atoms with Gasteiger partial charge in [0.1, 0.15) is 5.52 Å². The van der Waals surface area contributed by atoms with Crippen LogP contribution in [-0.4, -0.2) is 80.4 Å². The molecule has 0 atom stereocenters. The summed E-state index contributed by atoms with van der Waals surface area (Å²) in [6.07, 6.45) is 7.23. The molecule has 1 fully saturated rings. The summed E-state index contributed by atoms with van der Waals surface area (Å²) < 4.78 is 51.7. The number of benzene rings is 1. The summed E-state index contributed by atoms with van der Waals surface area (Å²) in [4.78, 5) is 20.8. The maximum absolute atomic E-state index is 9.19. The van der Waals surface area contributed by atoms with Crippen LogP contribution in [0.5, 0.6) is 0 Å². The summed E-state index contributed by atoms with van der Waals surface area (Å²) in [5.74, 6) is 1.32. The number of nitrogens with zero attached hydrogens (tertiary/aromatic N) is 4. The fourth-order valence-corrected chi connectivity index (χ4v) is 2.70. The summed E-state index contributed by atoms with van der Waals surface area (Å²) in [7, 11) is -7.33. The molecule has 0 radical (unpaired) electrons. The molecule has 198 valence electrons. The zero-order valence-corrected chi connectivity index (χ0v) is 20.8. The quantitative estimate of drug-likeness (QED) is 0.220. The number of H-pyrrole nitrogens is 1. The zero-order chi connectivity index (χ0) is 24.9. The normalized spacial score (nSPS) is 12.7. The third-order valence-electron chi connectivity index (χ3n) is 4.06. The lowest BCUT2D eigenvalue weighted by Gasteiger charge is -2.09. The number of pyridine rings is 1. The van der Waals surface area contributed by atoms with Crippen LogP contribution in [-0.2, 0) is 20.2 Å². The van der Waals surface area contributed by atoms with E-state index in [9.17, 15) is 16.8 Å². The third kappa shape index (κ3) is 10.8. The van der Waals surface area contributed by atoms with Crippen molar-refractivity contribution in [1.82, 2.24) is 24.9 Å². The summed E-state index contributed by atoms with van der Waals surface area (Å²) in [6, 6.07) is 10.5. The van der Waals surface area contributed by atoms with E-state index in [4.69, 9.17) is 9.11 Å². The second kappa shape index (κ2) is 12.5. The van der Waals surface area contributed by atoms with Gasteiger partial charge < -0.3 is 26.6 Å². The number of imidazole rings is 1. The van der Waals surface area contributed by atoms with E-state index in [1.165, 1.54) is 12.8 Å². The van der Waals surface area contributed by atoms with Gasteiger partial charge >= 0.3 is 0 Å². The van der Waals surface area contributed by atoms with Crippen LogP contribution in [0.4, 0.5) is 17.5 Å². The summed E-state index contributed by atoms with van der Waals surface area (Å²) in [5, 5.41) is 7.77. The Bertz CT molecular complexity index is 1460. The lowest BCUT2D eigenvalue weighted by Crippen LogP contribution is -2.07. The Labute approximate surface area is 206 Å². The molecule has 0 bridgehead atoms. The zero-order valence-electron chi connectivity index (χ0n) is 19.2. The highest BCUT2D eigenvalue weighted by atomic mass is 32.2. The number of hydrogen-bond donors (Lipinski definition) is 5. The fraction of sp³-hybridized carbons (Fsp3) is 0.263. The van der Waals surface area contributed by atoms with Crippen LogP contribution in [0.1, 0.15) is 12.8 Å². The van der Waals surface area contributed by atoms with Crippen LogP contribution in [0.2, 0.25) is 0 Å². The highest BCUT2D eigenvalue weighted by molar-refractivity contribution is 7.85. The van der Waals surface area contributed by atoms with Crippen LogP contribution in [0.15, 0.2) is 42.9 Å². The molecule has 0 aliphatic heterocycles. The molecular weight excluding hydrogens is 518 g/mol. The molecule has 1 saturated carbocycles. The molecule has 15 nitrogen and oxygen atoms in total. The standard InChI is InChI=1S/C17H15N7.2CH4O3S.2H2O/c1-2-10-8-12(5-6-13(10)18-7-1)22-17-23-15-14(19-9-20-15)16(24-17)21-11-3-4-11;2*1-5(2,3)4;;/h1-2,5-9,11H,3-4H2,(H3,19,20,21,22,23,24);2*1H3,(H,2,3,4);2*1H2. The van der Waals surface area contributed by atoms with E-state index in [0.29, 0.717) is 30.1 Å². The van der Waals surface area contributed by atoms with Crippen molar-refractivity contribution in [3.05, 3.63) is 42.9 Å². The van der Waals surface area contributed by atoms with Crippen molar-refractivity contribution < 1.29 is 36.9 Å². The van der Waals surface area contributed by atoms with Gasteiger partial charge in [0.2, 0.25) is 5.95 Å². The van der Waals surface area contributed by atoms with Crippen molar-refractivity contribution in [1.29, 1.82) is 0 Å². The molecule has 0 amide bonds. The Morgan fingerprint density at radius 3 is 2.22 bits per heavy atom. The van der Waals surface area contributed by atoms with Gasteiger partial charge in [0.15, 0.2) is 11.5 Å². The minimum Gasteiger partial charge on any atom is -0.412 e. The second-order valence-electron chi connectivity index (χ2n) is 7.42. The molecule has 17 heteroatoms. The average Bonchev–Trinajstić information content (AvgIpc) is 3.39. The van der Waals surface area contributed by atoms with E-state index in [2.05, 4.69) is 35.6 Å². The van der Waals surface area contributed by atoms with Gasteiger partial charge in [-0.3, -0.25) is 14.1 Å². The fourth-order valence-electron chi connectivity index (χ4n) is 2.70. The Kier molecular flexibility index (Phi) is 10.6.